The van der Waals surface area contributed by atoms with Gasteiger partial charge in [-0.2, -0.15) is 0 Å². The molecule has 0 bridgehead atoms. The van der Waals surface area contributed by atoms with E-state index in [0.717, 1.165) is 12.8 Å². The van der Waals surface area contributed by atoms with Crippen molar-refractivity contribution in [3.05, 3.63) is 35.9 Å². The average Bonchev–Trinajstić information content (AvgIpc) is 2.78. The Morgan fingerprint density at radius 1 is 1.21 bits per heavy atom. The lowest BCUT2D eigenvalue weighted by Crippen LogP contribution is -2.56. The van der Waals surface area contributed by atoms with Crippen molar-refractivity contribution in [1.29, 1.82) is 0 Å². The summed E-state index contributed by atoms with van der Waals surface area (Å²) >= 11 is 0. The van der Waals surface area contributed by atoms with Crippen LogP contribution in [0.1, 0.15) is 56.8 Å². The molecule has 5 nitrogen and oxygen atoms in total. The van der Waals surface area contributed by atoms with Crippen molar-refractivity contribution >= 4 is 11.8 Å². The Morgan fingerprint density at radius 3 is 2.58 bits per heavy atom. The minimum Gasteiger partial charge on any atom is -0.456 e. The Balaban J connectivity index is 1.87. The Hall–Kier alpha value is -1.72. The number of esters is 1. The van der Waals surface area contributed by atoms with Crippen molar-refractivity contribution in [3.8, 4) is 0 Å². The molecule has 3 rings (SSSR count). The lowest BCUT2D eigenvalue weighted by Gasteiger charge is -2.42. The summed E-state index contributed by atoms with van der Waals surface area (Å²) in [5.74, 6) is -1.18. The maximum atomic E-state index is 12.5. The first-order chi connectivity index (χ1) is 11.3. The molecule has 2 aliphatic rings. The van der Waals surface area contributed by atoms with E-state index in [4.69, 9.17) is 14.2 Å². The van der Waals surface area contributed by atoms with E-state index in [9.17, 15) is 9.59 Å². The zero-order valence-corrected chi connectivity index (χ0v) is 14.4. The number of rotatable bonds is 4. The predicted molar refractivity (Wildman–Crippen MR) is 87.6 cm³/mol. The standard InChI is InChI=1S/C19H24O5/c1-13(20)12-19-15(22-17(21)14-8-5-4-6-9-14)10-7-11-16(19)23-18(2,3)24-19/h4-6,8-9,15-16H,7,10-12H2,1-3H3/t15-,16+,19-/m0/s1. The van der Waals surface area contributed by atoms with Crippen LogP contribution in [0.4, 0.5) is 0 Å². The Bertz CT molecular complexity index is 624. The van der Waals surface area contributed by atoms with Crippen molar-refractivity contribution in [2.45, 2.75) is 70.1 Å². The van der Waals surface area contributed by atoms with Crippen LogP contribution in [0.25, 0.3) is 0 Å². The molecule has 0 spiro atoms. The first-order valence-corrected chi connectivity index (χ1v) is 8.46. The van der Waals surface area contributed by atoms with Gasteiger partial charge in [0.25, 0.3) is 0 Å². The highest BCUT2D eigenvalue weighted by atomic mass is 16.8. The summed E-state index contributed by atoms with van der Waals surface area (Å²) < 4.78 is 18.0. The number of hydrogen-bond donors (Lipinski definition) is 0. The van der Waals surface area contributed by atoms with Crippen molar-refractivity contribution < 1.29 is 23.8 Å². The summed E-state index contributed by atoms with van der Waals surface area (Å²) in [5, 5.41) is 0. The Labute approximate surface area is 142 Å². The number of carbonyl (C=O) groups is 2. The molecule has 2 fully saturated rings. The maximum absolute atomic E-state index is 12.5. The van der Waals surface area contributed by atoms with E-state index in [0.29, 0.717) is 12.0 Å². The molecule has 0 unspecified atom stereocenters. The van der Waals surface area contributed by atoms with Crippen LogP contribution >= 0.6 is 0 Å². The van der Waals surface area contributed by atoms with Crippen molar-refractivity contribution in [2.75, 3.05) is 0 Å². The summed E-state index contributed by atoms with van der Waals surface area (Å²) in [4.78, 5) is 24.4. The summed E-state index contributed by atoms with van der Waals surface area (Å²) in [6.45, 7) is 5.21. The van der Waals surface area contributed by atoms with Gasteiger partial charge in [-0.05, 0) is 52.2 Å². The SMILES string of the molecule is CC(=O)C[C@@]12OC(C)(C)O[C@@H]1CCC[C@@H]2OC(=O)c1ccccc1. The number of ether oxygens (including phenoxy) is 3. The zero-order valence-electron chi connectivity index (χ0n) is 14.4. The van der Waals surface area contributed by atoms with Gasteiger partial charge in [0.2, 0.25) is 0 Å². The summed E-state index contributed by atoms with van der Waals surface area (Å²) in [6.07, 6.45) is 1.80. The third-order valence-electron chi connectivity index (χ3n) is 4.67. The molecule has 1 saturated heterocycles. The highest BCUT2D eigenvalue weighted by molar-refractivity contribution is 5.89. The fraction of sp³-hybridized carbons (Fsp3) is 0.579. The quantitative estimate of drug-likeness (QED) is 0.792. The fourth-order valence-electron chi connectivity index (χ4n) is 3.88. The van der Waals surface area contributed by atoms with Crippen LogP contribution in [0, 0.1) is 0 Å². The summed E-state index contributed by atoms with van der Waals surface area (Å²) in [6, 6.07) is 8.88. The van der Waals surface area contributed by atoms with Crippen molar-refractivity contribution in [3.63, 3.8) is 0 Å². The molecule has 1 aromatic rings. The highest BCUT2D eigenvalue weighted by Crippen LogP contribution is 2.48. The second-order valence-corrected chi connectivity index (χ2v) is 7.13. The van der Waals surface area contributed by atoms with E-state index >= 15 is 0 Å². The molecule has 24 heavy (non-hydrogen) atoms. The van der Waals surface area contributed by atoms with Gasteiger partial charge in [0.05, 0.1) is 11.7 Å². The largest absolute Gasteiger partial charge is 0.456 e. The molecule has 5 heteroatoms. The van der Waals surface area contributed by atoms with Crippen molar-refractivity contribution in [1.82, 2.24) is 0 Å². The van der Waals surface area contributed by atoms with Gasteiger partial charge in [-0.3, -0.25) is 4.79 Å². The number of hydrogen-bond acceptors (Lipinski definition) is 5. The van der Waals surface area contributed by atoms with E-state index in [1.807, 2.05) is 19.9 Å². The molecule has 0 N–H and O–H groups in total. The second kappa shape index (κ2) is 6.30. The van der Waals surface area contributed by atoms with Gasteiger partial charge in [-0.1, -0.05) is 18.2 Å². The normalized spacial score (nSPS) is 31.3. The summed E-state index contributed by atoms with van der Waals surface area (Å²) in [5.41, 5.74) is -0.395. The van der Waals surface area contributed by atoms with Crippen LogP contribution in [0.15, 0.2) is 30.3 Å². The topological polar surface area (TPSA) is 61.8 Å². The van der Waals surface area contributed by atoms with Crippen LogP contribution < -0.4 is 0 Å². The van der Waals surface area contributed by atoms with Gasteiger partial charge < -0.3 is 14.2 Å². The zero-order chi connectivity index (χ0) is 17.4. The van der Waals surface area contributed by atoms with Gasteiger partial charge in [0, 0.05) is 6.42 Å². The van der Waals surface area contributed by atoms with E-state index in [2.05, 4.69) is 0 Å². The van der Waals surface area contributed by atoms with Gasteiger partial charge in [0.15, 0.2) is 5.79 Å². The second-order valence-electron chi connectivity index (χ2n) is 7.13. The van der Waals surface area contributed by atoms with E-state index < -0.39 is 23.5 Å². The number of benzene rings is 1. The molecule has 1 heterocycles. The molecular weight excluding hydrogens is 308 g/mol. The van der Waals surface area contributed by atoms with Crippen LogP contribution in [-0.4, -0.2) is 35.3 Å². The first kappa shape index (κ1) is 17.1. The maximum Gasteiger partial charge on any atom is 0.338 e. The number of ketones is 1. The number of fused-ring (bicyclic) bond motifs is 1. The molecule has 0 amide bonds. The fourth-order valence-corrected chi connectivity index (χ4v) is 3.88. The van der Waals surface area contributed by atoms with Crippen LogP contribution in [0.3, 0.4) is 0 Å². The van der Waals surface area contributed by atoms with E-state index in [1.165, 1.54) is 6.92 Å². The molecule has 130 valence electrons. The highest BCUT2D eigenvalue weighted by Gasteiger charge is 2.60. The molecule has 1 aliphatic heterocycles. The average molecular weight is 332 g/mol. The third kappa shape index (κ3) is 3.23. The van der Waals surface area contributed by atoms with Crippen LogP contribution in [0.2, 0.25) is 0 Å². The van der Waals surface area contributed by atoms with Gasteiger partial charge >= 0.3 is 5.97 Å². The van der Waals surface area contributed by atoms with Gasteiger partial charge in [0.1, 0.15) is 17.5 Å². The van der Waals surface area contributed by atoms with E-state index in [1.54, 1.807) is 24.3 Å². The Morgan fingerprint density at radius 2 is 1.92 bits per heavy atom. The van der Waals surface area contributed by atoms with Crippen LogP contribution in [0.5, 0.6) is 0 Å². The first-order valence-electron chi connectivity index (χ1n) is 8.46. The molecule has 0 aromatic heterocycles. The third-order valence-corrected chi connectivity index (χ3v) is 4.67. The molecule has 1 aromatic carbocycles. The predicted octanol–water partition coefficient (Wildman–Crippen LogP) is 3.27. The molecule has 1 aliphatic carbocycles. The smallest absolute Gasteiger partial charge is 0.338 e. The lowest BCUT2D eigenvalue weighted by atomic mass is 9.76. The molecule has 0 radical (unpaired) electrons. The van der Waals surface area contributed by atoms with Gasteiger partial charge in [-0.15, -0.1) is 0 Å². The lowest BCUT2D eigenvalue weighted by molar-refractivity contribution is -0.188. The van der Waals surface area contributed by atoms with Crippen molar-refractivity contribution in [2.24, 2.45) is 0 Å². The minimum atomic E-state index is -0.891. The number of Topliss-reactive ketones (excluding diaryl/α,β-unsaturated/α-hetero) is 1. The van der Waals surface area contributed by atoms with Crippen LogP contribution in [-0.2, 0) is 19.0 Å². The molecule has 1 saturated carbocycles. The minimum absolute atomic E-state index is 0.00367. The Kier molecular flexibility index (Phi) is 4.49. The monoisotopic (exact) mass is 332 g/mol. The number of carbonyl (C=O) groups excluding carboxylic acids is 2. The summed E-state index contributed by atoms with van der Waals surface area (Å²) in [7, 11) is 0. The van der Waals surface area contributed by atoms with E-state index in [-0.39, 0.29) is 18.3 Å². The molecule has 3 atom stereocenters. The molecular formula is C19H24O5. The van der Waals surface area contributed by atoms with Gasteiger partial charge in [-0.25, -0.2) is 4.79 Å².